The summed E-state index contributed by atoms with van der Waals surface area (Å²) in [6, 6.07) is -1.09. The maximum Gasteiger partial charge on any atom is 0.322 e. The maximum absolute atomic E-state index is 12.3. The molecular weight excluding hydrogens is 620 g/mol. The Morgan fingerprint density at radius 3 is 1.70 bits per heavy atom. The lowest BCUT2D eigenvalue weighted by molar-refractivity contribution is -0.143. The molecule has 0 unspecified atom stereocenters. The van der Waals surface area contributed by atoms with E-state index in [0.29, 0.717) is 18.1 Å². The summed E-state index contributed by atoms with van der Waals surface area (Å²) in [5.41, 5.74) is 0.0714. The van der Waals surface area contributed by atoms with Crippen molar-refractivity contribution in [3.8, 4) is 0 Å². The molecule has 0 aliphatic rings. The van der Waals surface area contributed by atoms with Crippen LogP contribution in [0, 0.1) is 10.8 Å². The summed E-state index contributed by atoms with van der Waals surface area (Å²) in [6.45, 7) is 11.2. The highest BCUT2D eigenvalue weighted by atomic mass is 16.4. The van der Waals surface area contributed by atoms with Crippen molar-refractivity contribution >= 4 is 42.0 Å². The number of carboxylic acids is 4. The van der Waals surface area contributed by atoms with Gasteiger partial charge in [0.15, 0.2) is 0 Å². The largest absolute Gasteiger partial charge is 0.480 e. The highest BCUT2D eigenvalue weighted by Crippen LogP contribution is 2.30. The van der Waals surface area contributed by atoms with Gasteiger partial charge in [-0.25, -0.2) is 0 Å². The van der Waals surface area contributed by atoms with Gasteiger partial charge in [-0.1, -0.05) is 54.4 Å². The Morgan fingerprint density at radius 1 is 0.745 bits per heavy atom. The van der Waals surface area contributed by atoms with Gasteiger partial charge in [-0.3, -0.25) is 38.6 Å². The lowest BCUT2D eigenvalue weighted by Crippen LogP contribution is -2.50. The fourth-order valence-electron chi connectivity index (χ4n) is 4.02. The average molecular weight is 679 g/mol. The minimum Gasteiger partial charge on any atom is -0.480 e. The molecule has 1 atom stereocenters. The Morgan fingerprint density at radius 2 is 1.28 bits per heavy atom. The van der Waals surface area contributed by atoms with Crippen LogP contribution < -0.4 is 10.6 Å². The van der Waals surface area contributed by atoms with Gasteiger partial charge >= 0.3 is 23.9 Å². The van der Waals surface area contributed by atoms with Crippen molar-refractivity contribution in [1.82, 2.24) is 20.4 Å². The average Bonchev–Trinajstić information content (AvgIpc) is 2.95. The van der Waals surface area contributed by atoms with Crippen LogP contribution in [0.25, 0.3) is 0 Å². The van der Waals surface area contributed by atoms with Gasteiger partial charge in [-0.15, -0.1) is 0 Å². The van der Waals surface area contributed by atoms with Gasteiger partial charge in [0.2, 0.25) is 11.8 Å². The summed E-state index contributed by atoms with van der Waals surface area (Å²) in [4.78, 5) is 80.5. The van der Waals surface area contributed by atoms with Gasteiger partial charge < -0.3 is 41.0 Å². The van der Waals surface area contributed by atoms with Crippen LogP contribution in [0.5, 0.6) is 0 Å². The number of amides is 2. The van der Waals surface area contributed by atoms with Crippen LogP contribution in [-0.4, -0.2) is 136 Å². The molecule has 0 aromatic rings. The van der Waals surface area contributed by atoms with Crippen LogP contribution in [0.2, 0.25) is 0 Å². The second kappa shape index (κ2) is 26.4. The first kappa shape index (κ1) is 47.8. The molecule has 0 heterocycles. The van der Waals surface area contributed by atoms with Gasteiger partial charge in [0.05, 0.1) is 32.2 Å². The molecule has 47 heavy (non-hydrogen) atoms. The standard InChI is InChI=1S/C16H25N3O10.C14H29NO.CH4O/c20-6-5-19(10-15(27)28)11(16(29)17-7-12(21)22)3-1-2-4-18(8-13(23)24)9-14(25)26;1-7-8-11-15-12(16)14(5,6)10-9-13(2,3)4;1-2/h6,11H,1-5,7-10H2,(H,17,29)(H,21,22)(H,23,24)(H,25,26)(H,27,28);7-11H2,1-6H3,(H,15,16);2H,1H3/t11-;;/m0../s1. The zero-order valence-corrected chi connectivity index (χ0v) is 29.0. The Kier molecular flexibility index (Phi) is 26.9. The van der Waals surface area contributed by atoms with Crippen molar-refractivity contribution in [1.29, 1.82) is 0 Å². The van der Waals surface area contributed by atoms with Crippen molar-refractivity contribution in [3.05, 3.63) is 0 Å². The van der Waals surface area contributed by atoms with E-state index < -0.39 is 62.0 Å². The summed E-state index contributed by atoms with van der Waals surface area (Å²) in [7, 11) is 1.00. The molecule has 0 spiro atoms. The number of aliphatic carboxylic acids is 4. The third-order valence-electron chi connectivity index (χ3n) is 6.65. The number of aliphatic hydroxyl groups excluding tert-OH is 1. The van der Waals surface area contributed by atoms with Crippen molar-refractivity contribution < 1.29 is 59.1 Å². The first-order chi connectivity index (χ1) is 21.7. The van der Waals surface area contributed by atoms with E-state index in [9.17, 15) is 33.6 Å². The van der Waals surface area contributed by atoms with E-state index in [-0.39, 0.29) is 37.3 Å². The molecule has 0 aromatic heterocycles. The van der Waals surface area contributed by atoms with E-state index in [1.54, 1.807) is 0 Å². The summed E-state index contributed by atoms with van der Waals surface area (Å²) in [5, 5.41) is 47.4. The van der Waals surface area contributed by atoms with Gasteiger partial charge in [0, 0.05) is 19.1 Å². The quantitative estimate of drug-likeness (QED) is 0.0592. The molecule has 0 aliphatic heterocycles. The van der Waals surface area contributed by atoms with Crippen LogP contribution >= 0.6 is 0 Å². The van der Waals surface area contributed by atoms with Crippen molar-refractivity contribution in [2.45, 2.75) is 92.5 Å². The number of unbranched alkanes of at least 4 members (excludes halogenated alkanes) is 2. The molecule has 0 radical (unpaired) electrons. The Hall–Kier alpha value is -3.63. The number of carbonyl (C=O) groups excluding carboxylic acids is 3. The Balaban J connectivity index is -0.000000907. The zero-order valence-electron chi connectivity index (χ0n) is 29.0. The zero-order chi connectivity index (χ0) is 37.2. The van der Waals surface area contributed by atoms with Crippen LogP contribution in [0.1, 0.15) is 86.5 Å². The number of carbonyl (C=O) groups is 7. The number of aldehydes is 1. The third kappa shape index (κ3) is 28.3. The molecule has 0 fully saturated rings. The minimum absolute atomic E-state index is 0.0561. The van der Waals surface area contributed by atoms with Crippen molar-refractivity contribution in [2.24, 2.45) is 10.8 Å². The SMILES string of the molecule is CCCCNC(=O)C(C)(C)CCC(C)(C)C.CO.O=CCN(CC(=O)O)[C@@H](CCCCN(CC(=O)O)CC(=O)O)C(=O)NCC(=O)O. The lowest BCUT2D eigenvalue weighted by Gasteiger charge is -2.28. The van der Waals surface area contributed by atoms with Gasteiger partial charge in [-0.2, -0.15) is 0 Å². The molecule has 16 nitrogen and oxygen atoms in total. The molecule has 0 saturated carbocycles. The third-order valence-corrected chi connectivity index (χ3v) is 6.65. The number of carboxylic acid groups (broad SMARTS) is 4. The Bertz CT molecular complexity index is 951. The van der Waals surface area contributed by atoms with Crippen LogP contribution in [0.15, 0.2) is 0 Å². The minimum atomic E-state index is -1.30. The molecule has 16 heteroatoms. The van der Waals surface area contributed by atoms with Gasteiger partial charge in [0.25, 0.3) is 0 Å². The Labute approximate surface area is 277 Å². The molecule has 274 valence electrons. The fraction of sp³-hybridized carbons (Fsp3) is 0.774. The molecule has 0 rings (SSSR count). The fourth-order valence-corrected chi connectivity index (χ4v) is 4.02. The van der Waals surface area contributed by atoms with Crippen LogP contribution in [0.3, 0.4) is 0 Å². The molecule has 0 aliphatic carbocycles. The normalized spacial score (nSPS) is 11.7. The molecular formula is C31H58N4O12. The molecule has 0 bridgehead atoms. The van der Waals surface area contributed by atoms with Gasteiger partial charge in [0.1, 0.15) is 12.8 Å². The molecule has 2 amide bonds. The second-order valence-electron chi connectivity index (χ2n) is 12.7. The first-order valence-corrected chi connectivity index (χ1v) is 15.5. The van der Waals surface area contributed by atoms with Crippen LogP contribution in [0.4, 0.5) is 0 Å². The van der Waals surface area contributed by atoms with Crippen molar-refractivity contribution in [3.63, 3.8) is 0 Å². The first-order valence-electron chi connectivity index (χ1n) is 15.5. The number of nitrogens with zero attached hydrogens (tertiary/aromatic N) is 2. The number of rotatable bonds is 23. The smallest absolute Gasteiger partial charge is 0.322 e. The van der Waals surface area contributed by atoms with E-state index in [4.69, 9.17) is 25.5 Å². The van der Waals surface area contributed by atoms with Gasteiger partial charge in [-0.05, 0) is 44.1 Å². The number of aliphatic hydroxyl groups is 1. The number of nitrogens with one attached hydrogen (secondary N) is 2. The maximum atomic E-state index is 12.3. The summed E-state index contributed by atoms with van der Waals surface area (Å²) < 4.78 is 0. The highest BCUT2D eigenvalue weighted by molar-refractivity contribution is 5.86. The molecule has 0 saturated heterocycles. The summed E-state index contributed by atoms with van der Waals surface area (Å²) in [6.07, 6.45) is 5.28. The predicted molar refractivity (Wildman–Crippen MR) is 174 cm³/mol. The lowest BCUT2D eigenvalue weighted by atomic mass is 9.79. The predicted octanol–water partition coefficient (Wildman–Crippen LogP) is 1.15. The second-order valence-corrected chi connectivity index (χ2v) is 12.7. The number of hydrogen-bond donors (Lipinski definition) is 7. The molecule has 0 aromatic carbocycles. The van der Waals surface area contributed by atoms with Crippen molar-refractivity contribution in [2.75, 3.05) is 52.9 Å². The highest BCUT2D eigenvalue weighted by Gasteiger charge is 2.29. The summed E-state index contributed by atoms with van der Waals surface area (Å²) >= 11 is 0. The van der Waals surface area contributed by atoms with E-state index in [1.807, 2.05) is 13.8 Å². The number of hydrogen-bond acceptors (Lipinski definition) is 10. The summed E-state index contributed by atoms with van der Waals surface area (Å²) in [5.74, 6) is -5.53. The molecule has 7 N–H and O–H groups in total. The topological polar surface area (TPSA) is 251 Å². The van der Waals surface area contributed by atoms with E-state index in [0.717, 1.165) is 44.2 Å². The van der Waals surface area contributed by atoms with E-state index >= 15 is 0 Å². The van der Waals surface area contributed by atoms with Crippen LogP contribution in [-0.2, 0) is 33.6 Å². The monoisotopic (exact) mass is 678 g/mol. The van der Waals surface area contributed by atoms with E-state index in [2.05, 4.69) is 38.3 Å². The van der Waals surface area contributed by atoms with E-state index in [1.165, 1.54) is 4.90 Å².